The zero-order chi connectivity index (χ0) is 14.1. The van der Waals surface area contributed by atoms with E-state index in [1.807, 2.05) is 0 Å². The number of fused-ring (bicyclic) bond motifs is 1. The molecule has 106 valence electrons. The summed E-state index contributed by atoms with van der Waals surface area (Å²) < 4.78 is 2.39. The highest BCUT2D eigenvalue weighted by Gasteiger charge is 2.21. The molecule has 1 aromatic heterocycles. The third kappa shape index (κ3) is 2.50. The van der Waals surface area contributed by atoms with Gasteiger partial charge >= 0.3 is 0 Å². The minimum atomic E-state index is 0.621. The molecule has 0 saturated carbocycles. The standard InChI is InChI=1S/C17H23N3/c1-12(2)9-17-19-15-11-18-8-7-16(15)20(17)14-6-4-5-13(3)10-14/h4-6,10,12,18H,7-9,11H2,1-3H3. The summed E-state index contributed by atoms with van der Waals surface area (Å²) in [6.07, 6.45) is 2.09. The molecular formula is C17H23N3. The van der Waals surface area contributed by atoms with Gasteiger partial charge < -0.3 is 9.88 Å². The lowest BCUT2D eigenvalue weighted by molar-refractivity contribution is 0.608. The smallest absolute Gasteiger partial charge is 0.114 e. The Morgan fingerprint density at radius 1 is 1.35 bits per heavy atom. The highest BCUT2D eigenvalue weighted by atomic mass is 15.1. The van der Waals surface area contributed by atoms with Crippen molar-refractivity contribution in [3.8, 4) is 5.69 Å². The lowest BCUT2D eigenvalue weighted by atomic mass is 10.1. The van der Waals surface area contributed by atoms with Crippen LogP contribution in [0.4, 0.5) is 0 Å². The second-order valence-corrected chi connectivity index (χ2v) is 6.12. The molecule has 0 saturated heterocycles. The number of aromatic nitrogens is 2. The second-order valence-electron chi connectivity index (χ2n) is 6.12. The van der Waals surface area contributed by atoms with Gasteiger partial charge in [0.2, 0.25) is 0 Å². The van der Waals surface area contributed by atoms with Crippen LogP contribution < -0.4 is 5.32 Å². The SMILES string of the molecule is Cc1cccc(-n2c(CC(C)C)nc3c2CCNC3)c1. The van der Waals surface area contributed by atoms with Crippen molar-refractivity contribution < 1.29 is 0 Å². The molecule has 0 aliphatic carbocycles. The van der Waals surface area contributed by atoms with E-state index in [9.17, 15) is 0 Å². The molecule has 3 heteroatoms. The van der Waals surface area contributed by atoms with Crippen LogP contribution in [0.2, 0.25) is 0 Å². The van der Waals surface area contributed by atoms with E-state index in [0.29, 0.717) is 5.92 Å². The summed E-state index contributed by atoms with van der Waals surface area (Å²) in [4.78, 5) is 4.90. The van der Waals surface area contributed by atoms with Gasteiger partial charge in [0, 0.05) is 37.3 Å². The summed E-state index contributed by atoms with van der Waals surface area (Å²) >= 11 is 0. The monoisotopic (exact) mass is 269 g/mol. The van der Waals surface area contributed by atoms with E-state index in [1.165, 1.54) is 28.5 Å². The summed E-state index contributed by atoms with van der Waals surface area (Å²) in [6, 6.07) is 8.74. The molecule has 20 heavy (non-hydrogen) atoms. The van der Waals surface area contributed by atoms with E-state index >= 15 is 0 Å². The molecule has 1 aromatic carbocycles. The summed E-state index contributed by atoms with van der Waals surface area (Å²) in [7, 11) is 0. The quantitative estimate of drug-likeness (QED) is 0.928. The number of hydrogen-bond donors (Lipinski definition) is 1. The van der Waals surface area contributed by atoms with Crippen LogP contribution in [0.3, 0.4) is 0 Å². The van der Waals surface area contributed by atoms with Crippen molar-refractivity contribution in [2.24, 2.45) is 5.92 Å². The topological polar surface area (TPSA) is 29.9 Å². The molecule has 1 aliphatic heterocycles. The third-order valence-electron chi connectivity index (χ3n) is 3.81. The molecule has 3 nitrogen and oxygen atoms in total. The number of hydrogen-bond acceptors (Lipinski definition) is 2. The number of nitrogens with one attached hydrogen (secondary N) is 1. The molecule has 0 spiro atoms. The Morgan fingerprint density at radius 2 is 2.20 bits per heavy atom. The van der Waals surface area contributed by atoms with Crippen LogP contribution in [0.25, 0.3) is 5.69 Å². The first kappa shape index (κ1) is 13.4. The minimum absolute atomic E-state index is 0.621. The molecule has 1 aliphatic rings. The maximum Gasteiger partial charge on any atom is 0.114 e. The molecule has 0 atom stereocenters. The number of imidazole rings is 1. The van der Waals surface area contributed by atoms with Gasteiger partial charge in [-0.05, 0) is 30.5 Å². The molecule has 2 heterocycles. The van der Waals surface area contributed by atoms with Gasteiger partial charge in [0.25, 0.3) is 0 Å². The zero-order valence-electron chi connectivity index (χ0n) is 12.6. The van der Waals surface area contributed by atoms with Gasteiger partial charge in [-0.2, -0.15) is 0 Å². The number of rotatable bonds is 3. The van der Waals surface area contributed by atoms with E-state index in [0.717, 1.165) is 25.9 Å². The van der Waals surface area contributed by atoms with Crippen LogP contribution >= 0.6 is 0 Å². The van der Waals surface area contributed by atoms with Gasteiger partial charge in [0.1, 0.15) is 5.82 Å². The Bertz CT molecular complexity index is 611. The van der Waals surface area contributed by atoms with Crippen molar-refractivity contribution >= 4 is 0 Å². The third-order valence-corrected chi connectivity index (χ3v) is 3.81. The Morgan fingerprint density at radius 3 is 2.95 bits per heavy atom. The van der Waals surface area contributed by atoms with E-state index in [4.69, 9.17) is 4.98 Å². The molecule has 0 fully saturated rings. The summed E-state index contributed by atoms with van der Waals surface area (Å²) in [5.74, 6) is 1.83. The van der Waals surface area contributed by atoms with Crippen molar-refractivity contribution in [3.63, 3.8) is 0 Å². The summed E-state index contributed by atoms with van der Waals surface area (Å²) in [5.41, 5.74) is 5.18. The van der Waals surface area contributed by atoms with Crippen LogP contribution in [0, 0.1) is 12.8 Å². The fourth-order valence-electron chi connectivity index (χ4n) is 2.94. The molecule has 0 unspecified atom stereocenters. The molecule has 1 N–H and O–H groups in total. The van der Waals surface area contributed by atoms with Gasteiger partial charge in [-0.3, -0.25) is 0 Å². The maximum absolute atomic E-state index is 4.90. The molecule has 2 aromatic rings. The lowest BCUT2D eigenvalue weighted by Gasteiger charge is -2.17. The Kier molecular flexibility index (Phi) is 3.62. The van der Waals surface area contributed by atoms with Crippen LogP contribution in [0.15, 0.2) is 24.3 Å². The van der Waals surface area contributed by atoms with Crippen LogP contribution in [0.1, 0.15) is 36.6 Å². The van der Waals surface area contributed by atoms with E-state index in [1.54, 1.807) is 0 Å². The van der Waals surface area contributed by atoms with Crippen molar-refractivity contribution in [2.75, 3.05) is 6.54 Å². The van der Waals surface area contributed by atoms with Crippen molar-refractivity contribution in [3.05, 3.63) is 47.0 Å². The van der Waals surface area contributed by atoms with Gasteiger partial charge in [-0.1, -0.05) is 26.0 Å². The normalized spacial score (nSPS) is 14.6. The van der Waals surface area contributed by atoms with Crippen molar-refractivity contribution in [1.82, 2.24) is 14.9 Å². The first-order valence-electron chi connectivity index (χ1n) is 7.52. The van der Waals surface area contributed by atoms with Crippen LogP contribution in [-0.4, -0.2) is 16.1 Å². The highest BCUT2D eigenvalue weighted by molar-refractivity contribution is 5.41. The van der Waals surface area contributed by atoms with E-state index < -0.39 is 0 Å². The van der Waals surface area contributed by atoms with Gasteiger partial charge in [0.15, 0.2) is 0 Å². The lowest BCUT2D eigenvalue weighted by Crippen LogP contribution is -2.24. The predicted octanol–water partition coefficient (Wildman–Crippen LogP) is 3.02. The Balaban J connectivity index is 2.13. The summed E-state index contributed by atoms with van der Waals surface area (Å²) in [5, 5.41) is 3.42. The summed E-state index contributed by atoms with van der Waals surface area (Å²) in [6.45, 7) is 8.61. The minimum Gasteiger partial charge on any atom is -0.311 e. The molecule has 0 radical (unpaired) electrons. The van der Waals surface area contributed by atoms with Gasteiger partial charge in [0.05, 0.1) is 5.69 Å². The van der Waals surface area contributed by atoms with Gasteiger partial charge in [-0.25, -0.2) is 4.98 Å². The predicted molar refractivity (Wildman–Crippen MR) is 82.3 cm³/mol. The maximum atomic E-state index is 4.90. The zero-order valence-corrected chi connectivity index (χ0v) is 12.6. The average molecular weight is 269 g/mol. The van der Waals surface area contributed by atoms with Crippen LogP contribution in [-0.2, 0) is 19.4 Å². The second kappa shape index (κ2) is 5.41. The highest BCUT2D eigenvalue weighted by Crippen LogP contribution is 2.23. The number of nitrogens with zero attached hydrogens (tertiary/aromatic N) is 2. The average Bonchev–Trinajstić information content (AvgIpc) is 2.75. The van der Waals surface area contributed by atoms with Crippen molar-refractivity contribution in [2.45, 2.75) is 40.2 Å². The molecule has 0 bridgehead atoms. The Labute approximate surface area is 121 Å². The van der Waals surface area contributed by atoms with E-state index in [2.05, 4.69) is 54.9 Å². The van der Waals surface area contributed by atoms with Crippen LogP contribution in [0.5, 0.6) is 0 Å². The Hall–Kier alpha value is -1.61. The molecule has 3 rings (SSSR count). The first-order valence-corrected chi connectivity index (χ1v) is 7.52. The fraction of sp³-hybridized carbons (Fsp3) is 0.471. The number of benzene rings is 1. The first-order chi connectivity index (χ1) is 9.65. The van der Waals surface area contributed by atoms with Gasteiger partial charge in [-0.15, -0.1) is 0 Å². The number of aryl methyl sites for hydroxylation is 1. The molecular weight excluding hydrogens is 246 g/mol. The van der Waals surface area contributed by atoms with Crippen molar-refractivity contribution in [1.29, 1.82) is 0 Å². The molecule has 0 amide bonds. The largest absolute Gasteiger partial charge is 0.311 e. The van der Waals surface area contributed by atoms with E-state index in [-0.39, 0.29) is 0 Å². The fourth-order valence-corrected chi connectivity index (χ4v) is 2.94.